The summed E-state index contributed by atoms with van der Waals surface area (Å²) < 4.78 is 18.4. The van der Waals surface area contributed by atoms with Crippen LogP contribution in [0.25, 0.3) is 0 Å². The number of amides is 1. The van der Waals surface area contributed by atoms with E-state index >= 15 is 0 Å². The largest absolute Gasteiger partial charge is 0.484 e. The molecule has 1 fully saturated rings. The van der Waals surface area contributed by atoms with E-state index in [4.69, 9.17) is 22.1 Å². The van der Waals surface area contributed by atoms with E-state index in [0.29, 0.717) is 18.8 Å². The number of ether oxygens (including phenoxy) is 1. The summed E-state index contributed by atoms with van der Waals surface area (Å²) in [6, 6.07) is 4.12. The van der Waals surface area contributed by atoms with Gasteiger partial charge in [-0.05, 0) is 31.4 Å². The van der Waals surface area contributed by atoms with Gasteiger partial charge in [0.1, 0.15) is 11.6 Å². The fourth-order valence-electron chi connectivity index (χ4n) is 2.37. The first-order valence-electron chi connectivity index (χ1n) is 6.69. The molecule has 1 unspecified atom stereocenters. The lowest BCUT2D eigenvalue weighted by Crippen LogP contribution is -2.49. The van der Waals surface area contributed by atoms with Gasteiger partial charge < -0.3 is 15.4 Å². The maximum absolute atomic E-state index is 13.0. The van der Waals surface area contributed by atoms with Crippen molar-refractivity contribution in [2.45, 2.75) is 25.3 Å². The van der Waals surface area contributed by atoms with Crippen molar-refractivity contribution in [3.63, 3.8) is 0 Å². The zero-order chi connectivity index (χ0) is 14.5. The van der Waals surface area contributed by atoms with Crippen molar-refractivity contribution in [2.75, 3.05) is 19.7 Å². The number of hydrogen-bond acceptors (Lipinski definition) is 3. The normalized spacial score (nSPS) is 18.0. The van der Waals surface area contributed by atoms with Crippen LogP contribution < -0.4 is 10.5 Å². The Kier molecular flexibility index (Phi) is 7.22. The van der Waals surface area contributed by atoms with Crippen LogP contribution in [-0.2, 0) is 4.79 Å². The van der Waals surface area contributed by atoms with E-state index in [1.165, 1.54) is 18.2 Å². The van der Waals surface area contributed by atoms with E-state index in [0.717, 1.165) is 19.3 Å². The van der Waals surface area contributed by atoms with Gasteiger partial charge in [0.25, 0.3) is 5.91 Å². The zero-order valence-electron chi connectivity index (χ0n) is 11.6. The third-order valence-electron chi connectivity index (χ3n) is 3.47. The first kappa shape index (κ1) is 18.0. The van der Waals surface area contributed by atoms with Gasteiger partial charge in [0.2, 0.25) is 0 Å². The number of hydrogen-bond donors (Lipinski definition) is 1. The summed E-state index contributed by atoms with van der Waals surface area (Å²) in [5, 5.41) is -0.0206. The highest BCUT2D eigenvalue weighted by molar-refractivity contribution is 6.30. The average Bonchev–Trinajstić information content (AvgIpc) is 2.48. The van der Waals surface area contributed by atoms with Crippen molar-refractivity contribution in [1.29, 1.82) is 0 Å². The maximum atomic E-state index is 13.0. The molecule has 0 bridgehead atoms. The Bertz CT molecular complexity index is 488. The monoisotopic (exact) mass is 336 g/mol. The average molecular weight is 337 g/mol. The fourth-order valence-corrected chi connectivity index (χ4v) is 2.54. The standard InChI is InChI=1S/C14H18ClFN2O2.ClH/c15-12-7-11(4-5-13(12)16)20-9-14(19)18-6-2-1-3-10(18)8-17;/h4-5,7,10H,1-3,6,8-9,17H2;1H. The predicted octanol–water partition coefficient (Wildman–Crippen LogP) is 2.62. The van der Waals surface area contributed by atoms with E-state index in [1.807, 2.05) is 0 Å². The second-order valence-electron chi connectivity index (χ2n) is 4.84. The van der Waals surface area contributed by atoms with Crippen molar-refractivity contribution < 1.29 is 13.9 Å². The Morgan fingerprint density at radius 2 is 2.24 bits per heavy atom. The van der Waals surface area contributed by atoms with Crippen LogP contribution in [0.4, 0.5) is 4.39 Å². The van der Waals surface area contributed by atoms with Crippen LogP contribution in [0.3, 0.4) is 0 Å². The smallest absolute Gasteiger partial charge is 0.260 e. The Morgan fingerprint density at radius 3 is 2.90 bits per heavy atom. The van der Waals surface area contributed by atoms with E-state index in [2.05, 4.69) is 0 Å². The SMILES string of the molecule is Cl.NCC1CCCCN1C(=O)COc1ccc(F)c(Cl)c1. The number of piperidine rings is 1. The second kappa shape index (κ2) is 8.41. The fraction of sp³-hybridized carbons (Fsp3) is 0.500. The Labute approximate surface area is 134 Å². The number of nitrogens with two attached hydrogens (primary N) is 1. The van der Waals surface area contributed by atoms with E-state index < -0.39 is 5.82 Å². The molecule has 1 aromatic carbocycles. The molecule has 1 amide bonds. The number of benzene rings is 1. The molecular formula is C14H19Cl2FN2O2. The highest BCUT2D eigenvalue weighted by Crippen LogP contribution is 2.21. The van der Waals surface area contributed by atoms with Gasteiger partial charge in [-0.3, -0.25) is 4.79 Å². The Hall–Kier alpha value is -1.04. The number of likely N-dealkylation sites (tertiary alicyclic amines) is 1. The molecule has 4 nitrogen and oxygen atoms in total. The molecule has 7 heteroatoms. The first-order chi connectivity index (χ1) is 9.61. The summed E-state index contributed by atoms with van der Waals surface area (Å²) in [6.07, 6.45) is 3.02. The first-order valence-corrected chi connectivity index (χ1v) is 7.07. The minimum absolute atomic E-state index is 0. The summed E-state index contributed by atoms with van der Waals surface area (Å²) in [5.41, 5.74) is 5.68. The summed E-state index contributed by atoms with van der Waals surface area (Å²) in [7, 11) is 0. The molecule has 1 atom stereocenters. The minimum Gasteiger partial charge on any atom is -0.484 e. The van der Waals surface area contributed by atoms with Crippen LogP contribution in [-0.4, -0.2) is 36.5 Å². The maximum Gasteiger partial charge on any atom is 0.260 e. The Balaban J connectivity index is 0.00000220. The Morgan fingerprint density at radius 1 is 1.48 bits per heavy atom. The molecule has 1 heterocycles. The number of carbonyl (C=O) groups excluding carboxylic acids is 1. The molecule has 21 heavy (non-hydrogen) atoms. The molecule has 0 radical (unpaired) electrons. The van der Waals surface area contributed by atoms with Gasteiger partial charge in [-0.2, -0.15) is 0 Å². The topological polar surface area (TPSA) is 55.6 Å². The molecule has 1 aromatic rings. The van der Waals surface area contributed by atoms with Crippen molar-refractivity contribution in [2.24, 2.45) is 5.73 Å². The van der Waals surface area contributed by atoms with Crippen LogP contribution in [0, 0.1) is 5.82 Å². The highest BCUT2D eigenvalue weighted by atomic mass is 35.5. The van der Waals surface area contributed by atoms with Crippen molar-refractivity contribution in [3.8, 4) is 5.75 Å². The summed E-state index contributed by atoms with van der Waals surface area (Å²) in [6.45, 7) is 1.10. The summed E-state index contributed by atoms with van der Waals surface area (Å²) in [4.78, 5) is 13.9. The molecule has 1 aliphatic rings. The highest BCUT2D eigenvalue weighted by Gasteiger charge is 2.25. The number of nitrogens with zero attached hydrogens (tertiary/aromatic N) is 1. The van der Waals surface area contributed by atoms with Gasteiger partial charge in [0, 0.05) is 25.2 Å². The lowest BCUT2D eigenvalue weighted by molar-refractivity contribution is -0.136. The zero-order valence-corrected chi connectivity index (χ0v) is 13.1. The molecule has 2 N–H and O–H groups in total. The third-order valence-corrected chi connectivity index (χ3v) is 3.76. The minimum atomic E-state index is -0.510. The molecule has 1 aliphatic heterocycles. The third kappa shape index (κ3) is 4.73. The quantitative estimate of drug-likeness (QED) is 0.919. The molecule has 0 spiro atoms. The van der Waals surface area contributed by atoms with Gasteiger partial charge in [-0.1, -0.05) is 11.6 Å². The number of rotatable bonds is 4. The molecule has 2 rings (SSSR count). The van der Waals surface area contributed by atoms with Gasteiger partial charge in [0.05, 0.1) is 5.02 Å². The van der Waals surface area contributed by atoms with E-state index in [1.54, 1.807) is 4.90 Å². The predicted molar refractivity (Wildman–Crippen MR) is 82.6 cm³/mol. The van der Waals surface area contributed by atoms with Crippen LogP contribution in [0.5, 0.6) is 5.75 Å². The molecule has 0 aliphatic carbocycles. The van der Waals surface area contributed by atoms with Crippen molar-refractivity contribution >= 4 is 29.9 Å². The lowest BCUT2D eigenvalue weighted by Gasteiger charge is -2.34. The van der Waals surface area contributed by atoms with E-state index in [-0.39, 0.29) is 36.0 Å². The summed E-state index contributed by atoms with van der Waals surface area (Å²) in [5.74, 6) is -0.226. The van der Waals surface area contributed by atoms with E-state index in [9.17, 15) is 9.18 Å². The van der Waals surface area contributed by atoms with Crippen LogP contribution >= 0.6 is 24.0 Å². The number of carbonyl (C=O) groups is 1. The molecule has 1 saturated heterocycles. The molecule has 118 valence electrons. The van der Waals surface area contributed by atoms with Gasteiger partial charge in [0.15, 0.2) is 6.61 Å². The van der Waals surface area contributed by atoms with Crippen LogP contribution in [0.1, 0.15) is 19.3 Å². The number of halogens is 3. The van der Waals surface area contributed by atoms with Gasteiger partial charge in [-0.25, -0.2) is 4.39 Å². The van der Waals surface area contributed by atoms with Crippen LogP contribution in [0.2, 0.25) is 5.02 Å². The lowest BCUT2D eigenvalue weighted by atomic mass is 10.0. The van der Waals surface area contributed by atoms with Crippen LogP contribution in [0.15, 0.2) is 18.2 Å². The van der Waals surface area contributed by atoms with Crippen molar-refractivity contribution in [1.82, 2.24) is 4.90 Å². The molecule has 0 saturated carbocycles. The molecule has 0 aromatic heterocycles. The summed E-state index contributed by atoms with van der Waals surface area (Å²) >= 11 is 5.66. The van der Waals surface area contributed by atoms with Crippen molar-refractivity contribution in [3.05, 3.63) is 29.0 Å². The van der Waals surface area contributed by atoms with Gasteiger partial charge in [-0.15, -0.1) is 12.4 Å². The molecular weight excluding hydrogens is 318 g/mol. The second-order valence-corrected chi connectivity index (χ2v) is 5.24. The van der Waals surface area contributed by atoms with Gasteiger partial charge >= 0.3 is 0 Å².